The zero-order valence-electron chi connectivity index (χ0n) is 23.8. The highest BCUT2D eigenvalue weighted by Gasteiger charge is 2.31. The first-order valence-corrected chi connectivity index (χ1v) is 13.3. The fourth-order valence-electron chi connectivity index (χ4n) is 5.78. The van der Waals surface area contributed by atoms with E-state index in [1.165, 1.54) is 7.11 Å². The third-order valence-corrected chi connectivity index (χ3v) is 7.49. The molecule has 0 saturated carbocycles. The quantitative estimate of drug-likeness (QED) is 0.237. The minimum absolute atomic E-state index is 0.0149. The second kappa shape index (κ2) is 9.99. The van der Waals surface area contributed by atoms with E-state index in [0.717, 1.165) is 22.4 Å². The van der Waals surface area contributed by atoms with Crippen LogP contribution in [0.3, 0.4) is 0 Å². The minimum Gasteiger partial charge on any atom is -0.504 e. The summed E-state index contributed by atoms with van der Waals surface area (Å²) in [5, 5.41) is 12.2. The lowest BCUT2D eigenvalue weighted by atomic mass is 9.91. The number of hydrogen-bond acceptors (Lipinski definition) is 8. The summed E-state index contributed by atoms with van der Waals surface area (Å²) in [7, 11) is 6.28. The number of nitrogens with zero attached hydrogens (tertiary/aromatic N) is 1. The minimum atomic E-state index is -0.470. The second-order valence-electron chi connectivity index (χ2n) is 10.2. The number of hydrogen-bond donors (Lipinski definition) is 1. The zero-order chi connectivity index (χ0) is 29.0. The topological polar surface area (TPSA) is 102 Å². The number of ether oxygens (including phenoxy) is 5. The van der Waals surface area contributed by atoms with E-state index in [-0.39, 0.29) is 11.9 Å². The molecule has 1 aliphatic rings. The number of phenols is 1. The van der Waals surface area contributed by atoms with Crippen molar-refractivity contribution in [1.29, 1.82) is 0 Å². The van der Waals surface area contributed by atoms with Gasteiger partial charge in [-0.25, -0.2) is 4.79 Å². The molecule has 5 aromatic rings. The summed E-state index contributed by atoms with van der Waals surface area (Å²) in [6.07, 6.45) is 0.557. The predicted octanol–water partition coefficient (Wildman–Crippen LogP) is 6.17. The molecular weight excluding hydrogens is 526 g/mol. The molecule has 0 fully saturated rings. The van der Waals surface area contributed by atoms with Crippen LogP contribution >= 0.6 is 0 Å². The number of methoxy groups -OCH3 is 4. The summed E-state index contributed by atoms with van der Waals surface area (Å²) in [6.45, 7) is 4.37. The summed E-state index contributed by atoms with van der Waals surface area (Å²) in [5.41, 5.74) is 4.56. The molecule has 0 atom stereocenters. The van der Waals surface area contributed by atoms with Crippen molar-refractivity contribution in [3.63, 3.8) is 0 Å². The van der Waals surface area contributed by atoms with E-state index < -0.39 is 5.63 Å². The van der Waals surface area contributed by atoms with Gasteiger partial charge in [-0.15, -0.1) is 0 Å². The van der Waals surface area contributed by atoms with Crippen LogP contribution in [0.5, 0.6) is 34.5 Å². The summed E-state index contributed by atoms with van der Waals surface area (Å²) in [5.74, 6) is 2.53. The van der Waals surface area contributed by atoms with Gasteiger partial charge in [0.2, 0.25) is 0 Å². The van der Waals surface area contributed by atoms with Crippen LogP contribution in [0, 0.1) is 0 Å². The maximum absolute atomic E-state index is 13.7. The lowest BCUT2D eigenvalue weighted by Gasteiger charge is -2.23. The van der Waals surface area contributed by atoms with Gasteiger partial charge in [-0.3, -0.25) is 0 Å². The van der Waals surface area contributed by atoms with Crippen LogP contribution in [-0.4, -0.2) is 44.2 Å². The van der Waals surface area contributed by atoms with E-state index >= 15 is 0 Å². The van der Waals surface area contributed by atoms with Crippen LogP contribution in [-0.2, 0) is 13.0 Å². The van der Waals surface area contributed by atoms with Crippen LogP contribution in [0.1, 0.15) is 19.4 Å². The van der Waals surface area contributed by atoms with Crippen molar-refractivity contribution < 1.29 is 33.2 Å². The average molecular weight is 558 g/mol. The Morgan fingerprint density at radius 1 is 0.854 bits per heavy atom. The average Bonchev–Trinajstić information content (AvgIpc) is 3.32. The van der Waals surface area contributed by atoms with E-state index in [9.17, 15) is 9.90 Å². The second-order valence-corrected chi connectivity index (χ2v) is 10.2. The molecule has 1 aliphatic heterocycles. The Balaban J connectivity index is 1.79. The van der Waals surface area contributed by atoms with Gasteiger partial charge in [0.15, 0.2) is 34.5 Å². The fraction of sp³-hybridized carbons (Fsp3) is 0.281. The van der Waals surface area contributed by atoms with Gasteiger partial charge >= 0.3 is 5.63 Å². The van der Waals surface area contributed by atoms with Gasteiger partial charge in [0.05, 0.1) is 40.2 Å². The lowest BCUT2D eigenvalue weighted by molar-refractivity contribution is 0.230. The molecule has 1 N–H and O–H groups in total. The Bertz CT molecular complexity index is 1880. The monoisotopic (exact) mass is 557 g/mol. The normalized spacial score (nSPS) is 12.4. The number of aryl methyl sites for hydroxylation is 2. The largest absolute Gasteiger partial charge is 0.504 e. The number of phenolic OH excluding ortho intramolecular Hbond substituents is 1. The van der Waals surface area contributed by atoms with Gasteiger partial charge in [0, 0.05) is 34.5 Å². The van der Waals surface area contributed by atoms with E-state index in [2.05, 4.69) is 0 Å². The molecule has 9 nitrogen and oxygen atoms in total. The highest BCUT2D eigenvalue weighted by molar-refractivity contribution is 6.17. The van der Waals surface area contributed by atoms with Crippen molar-refractivity contribution >= 4 is 21.9 Å². The SMILES string of the molecule is COc1ccc(-c2c3n(c4c(=O)oc5cc(OC(C)C)c(OC)cc5c24)CCc2cc(OC)c(OC)cc2-3)cc1O. The molecule has 6 rings (SSSR count). The van der Waals surface area contributed by atoms with Gasteiger partial charge in [0.1, 0.15) is 11.1 Å². The number of aromatic hydroxyl groups is 1. The maximum atomic E-state index is 13.7. The van der Waals surface area contributed by atoms with Crippen molar-refractivity contribution in [3.05, 3.63) is 58.4 Å². The van der Waals surface area contributed by atoms with Gasteiger partial charge in [-0.2, -0.15) is 0 Å². The fourth-order valence-corrected chi connectivity index (χ4v) is 5.78. The van der Waals surface area contributed by atoms with Crippen LogP contribution in [0.4, 0.5) is 0 Å². The molecule has 41 heavy (non-hydrogen) atoms. The van der Waals surface area contributed by atoms with Crippen molar-refractivity contribution in [1.82, 2.24) is 4.57 Å². The number of aromatic nitrogens is 1. The molecule has 0 spiro atoms. The zero-order valence-corrected chi connectivity index (χ0v) is 23.8. The van der Waals surface area contributed by atoms with Gasteiger partial charge in [-0.1, -0.05) is 6.07 Å². The summed E-state index contributed by atoms with van der Waals surface area (Å²) >= 11 is 0. The Hall–Kier alpha value is -4.79. The molecule has 2 aromatic heterocycles. The molecule has 9 heteroatoms. The van der Waals surface area contributed by atoms with E-state index in [1.807, 2.05) is 42.7 Å². The Morgan fingerprint density at radius 2 is 1.54 bits per heavy atom. The maximum Gasteiger partial charge on any atom is 0.361 e. The predicted molar refractivity (Wildman–Crippen MR) is 156 cm³/mol. The standard InChI is InChI=1S/C32H31NO8/c1-16(2)40-27-15-23-20(14-26(27)39-6)29-28(18-7-8-22(36-3)21(34)11-18)30-19-13-25(38-5)24(37-4)12-17(19)9-10-33(30)31(29)32(35)41-23/h7-8,11-16,34H,9-10H2,1-6H3. The van der Waals surface area contributed by atoms with Gasteiger partial charge in [0.25, 0.3) is 0 Å². The van der Waals surface area contributed by atoms with Crippen LogP contribution in [0.2, 0.25) is 0 Å². The van der Waals surface area contributed by atoms with Gasteiger partial charge < -0.3 is 37.8 Å². The third-order valence-electron chi connectivity index (χ3n) is 7.49. The van der Waals surface area contributed by atoms with E-state index in [1.54, 1.807) is 39.5 Å². The first-order valence-electron chi connectivity index (χ1n) is 13.3. The number of benzene rings is 3. The number of rotatable bonds is 7. The Labute approximate surface area is 236 Å². The van der Waals surface area contributed by atoms with Crippen molar-refractivity contribution in [3.8, 4) is 56.9 Å². The Kier molecular flexibility index (Phi) is 6.44. The summed E-state index contributed by atoms with van der Waals surface area (Å²) in [6, 6.07) is 12.7. The smallest absolute Gasteiger partial charge is 0.361 e. The molecule has 0 bridgehead atoms. The van der Waals surface area contributed by atoms with Crippen LogP contribution in [0.25, 0.3) is 44.3 Å². The molecule has 0 aliphatic carbocycles. The summed E-state index contributed by atoms with van der Waals surface area (Å²) < 4.78 is 36.1. The van der Waals surface area contributed by atoms with Crippen molar-refractivity contribution in [2.75, 3.05) is 28.4 Å². The van der Waals surface area contributed by atoms with Crippen molar-refractivity contribution in [2.24, 2.45) is 0 Å². The molecule has 212 valence electrons. The van der Waals surface area contributed by atoms with Crippen LogP contribution < -0.4 is 29.3 Å². The van der Waals surface area contributed by atoms with Crippen LogP contribution in [0.15, 0.2) is 51.7 Å². The first-order chi connectivity index (χ1) is 19.8. The summed E-state index contributed by atoms with van der Waals surface area (Å²) in [4.78, 5) is 13.7. The molecule has 0 amide bonds. The highest BCUT2D eigenvalue weighted by atomic mass is 16.5. The van der Waals surface area contributed by atoms with Gasteiger partial charge in [-0.05, 0) is 61.7 Å². The molecule has 0 unspecified atom stereocenters. The molecule has 3 aromatic carbocycles. The van der Waals surface area contributed by atoms with E-state index in [4.69, 9.17) is 28.1 Å². The molecular formula is C32H31NO8. The number of fused-ring (bicyclic) bond motifs is 7. The lowest BCUT2D eigenvalue weighted by Crippen LogP contribution is -2.15. The molecule has 0 saturated heterocycles. The molecule has 3 heterocycles. The third kappa shape index (κ3) is 4.11. The Morgan fingerprint density at radius 3 is 2.20 bits per heavy atom. The highest BCUT2D eigenvalue weighted by Crippen LogP contribution is 2.50. The van der Waals surface area contributed by atoms with Crippen molar-refractivity contribution in [2.45, 2.75) is 32.9 Å². The first kappa shape index (κ1) is 26.4. The molecule has 0 radical (unpaired) electrons. The van der Waals surface area contributed by atoms with E-state index in [0.29, 0.717) is 69.1 Å².